The Morgan fingerprint density at radius 2 is 1.61 bits per heavy atom. The van der Waals surface area contributed by atoms with Gasteiger partial charge in [-0.3, -0.25) is 4.79 Å². The molecule has 0 saturated carbocycles. The van der Waals surface area contributed by atoms with Crippen molar-refractivity contribution in [3.05, 3.63) is 58.4 Å². The minimum Gasteiger partial charge on any atom is -0.508 e. The van der Waals surface area contributed by atoms with E-state index < -0.39 is 54.5 Å². The second kappa shape index (κ2) is 8.93. The summed E-state index contributed by atoms with van der Waals surface area (Å²) in [6.07, 6.45) is -8.04. The molecule has 2 aromatic carbocycles. The topological polar surface area (TPSA) is 200 Å². The first-order valence-corrected chi connectivity index (χ1v) is 10.7. The Morgan fingerprint density at radius 3 is 2.25 bits per heavy atom. The van der Waals surface area contributed by atoms with Gasteiger partial charge in [-0.25, -0.2) is 4.79 Å². The number of phenolic OH excluding ortho intramolecular Hbond substituents is 1. The maximum absolute atomic E-state index is 12.2. The summed E-state index contributed by atoms with van der Waals surface area (Å²) in [5.74, 6) is -2.21. The molecular weight excluding hydrogens is 480 g/mol. The summed E-state index contributed by atoms with van der Waals surface area (Å²) < 4.78 is 22.7. The molecule has 12 nitrogen and oxygen atoms in total. The Bertz CT molecular complexity index is 1500. The number of carboxylic acids is 1. The lowest BCUT2D eigenvalue weighted by atomic mass is 9.99. The number of rotatable bonds is 5. The van der Waals surface area contributed by atoms with E-state index in [4.69, 9.17) is 18.3 Å². The maximum Gasteiger partial charge on any atom is 0.371 e. The van der Waals surface area contributed by atoms with Gasteiger partial charge in [0.05, 0.1) is 12.0 Å². The van der Waals surface area contributed by atoms with Gasteiger partial charge >= 0.3 is 5.97 Å². The van der Waals surface area contributed by atoms with E-state index in [9.17, 15) is 40.2 Å². The number of aromatic hydroxyl groups is 1. The predicted molar refractivity (Wildman–Crippen MR) is 121 cm³/mol. The average Bonchev–Trinajstić information content (AvgIpc) is 2.85. The zero-order valence-corrected chi connectivity index (χ0v) is 18.3. The maximum atomic E-state index is 12.2. The van der Waals surface area contributed by atoms with E-state index in [0.29, 0.717) is 5.56 Å². The summed E-state index contributed by atoms with van der Waals surface area (Å²) in [7, 11) is 0. The molecular formula is C24H20O12. The number of hydrogen-bond donors (Lipinski definition) is 6. The minimum absolute atomic E-state index is 0.0334. The highest BCUT2D eigenvalue weighted by molar-refractivity contribution is 6.11. The number of phenols is 1. The molecule has 1 fully saturated rings. The van der Waals surface area contributed by atoms with Crippen molar-refractivity contribution in [2.75, 3.05) is 6.61 Å². The van der Waals surface area contributed by atoms with Crippen LogP contribution in [0.4, 0.5) is 0 Å². The first kappa shape index (κ1) is 23.8. The first-order chi connectivity index (χ1) is 17.2. The van der Waals surface area contributed by atoms with Crippen molar-refractivity contribution < 1.29 is 53.7 Å². The number of aliphatic hydroxyl groups is 4. The van der Waals surface area contributed by atoms with Gasteiger partial charge < -0.3 is 48.9 Å². The fraction of sp³-hybridized carbons (Fsp3) is 0.250. The van der Waals surface area contributed by atoms with E-state index in [1.54, 1.807) is 0 Å². The van der Waals surface area contributed by atoms with Crippen molar-refractivity contribution in [3.8, 4) is 22.8 Å². The van der Waals surface area contributed by atoms with E-state index in [0.717, 1.165) is 12.1 Å². The number of aliphatic hydroxyl groups excluding tert-OH is 4. The number of hydrogen-bond acceptors (Lipinski definition) is 11. The predicted octanol–water partition coefficient (Wildman–Crippen LogP) is 0.789. The van der Waals surface area contributed by atoms with Gasteiger partial charge in [-0.2, -0.15) is 0 Å². The number of carboxylic acid groups (broad SMARTS) is 1. The Labute approximate surface area is 200 Å². The van der Waals surface area contributed by atoms with Crippen LogP contribution in [-0.2, 0) is 4.74 Å². The summed E-state index contributed by atoms with van der Waals surface area (Å²) in [6, 6.07) is 9.04. The van der Waals surface area contributed by atoms with E-state index in [1.807, 2.05) is 0 Å². The fourth-order valence-corrected chi connectivity index (χ4v) is 4.11. The third-order valence-electron chi connectivity index (χ3n) is 5.89. The van der Waals surface area contributed by atoms with E-state index in [-0.39, 0.29) is 39.2 Å². The molecule has 6 N–H and O–H groups in total. The molecule has 3 heterocycles. The second-order valence-corrected chi connectivity index (χ2v) is 8.25. The van der Waals surface area contributed by atoms with E-state index in [1.165, 1.54) is 30.3 Å². The van der Waals surface area contributed by atoms with Crippen LogP contribution in [0.1, 0.15) is 10.6 Å². The molecule has 4 aromatic rings. The summed E-state index contributed by atoms with van der Waals surface area (Å²) in [5.41, 5.74) is -0.247. The van der Waals surface area contributed by atoms with Crippen LogP contribution >= 0.6 is 0 Å². The lowest BCUT2D eigenvalue weighted by Gasteiger charge is -2.39. The molecule has 0 amide bonds. The van der Waals surface area contributed by atoms with Gasteiger partial charge in [-0.1, -0.05) is 0 Å². The van der Waals surface area contributed by atoms with Crippen LogP contribution in [0, 0.1) is 0 Å². The monoisotopic (exact) mass is 500 g/mol. The quantitative estimate of drug-likeness (QED) is 0.225. The average molecular weight is 500 g/mol. The van der Waals surface area contributed by atoms with Crippen molar-refractivity contribution in [1.29, 1.82) is 0 Å². The minimum atomic E-state index is -1.77. The number of ether oxygens (including phenoxy) is 2. The zero-order chi connectivity index (χ0) is 25.7. The highest BCUT2D eigenvalue weighted by Gasteiger charge is 2.45. The van der Waals surface area contributed by atoms with Gasteiger partial charge in [0.1, 0.15) is 41.3 Å². The lowest BCUT2D eigenvalue weighted by molar-refractivity contribution is -0.277. The van der Waals surface area contributed by atoms with Crippen LogP contribution in [0.5, 0.6) is 11.5 Å². The molecule has 2 unspecified atom stereocenters. The molecule has 188 valence electrons. The Hall–Kier alpha value is -3.94. The molecule has 5 atom stereocenters. The van der Waals surface area contributed by atoms with Crippen LogP contribution in [0.15, 0.2) is 56.1 Å². The lowest BCUT2D eigenvalue weighted by Crippen LogP contribution is -2.60. The fourth-order valence-electron chi connectivity index (χ4n) is 4.11. The molecule has 0 radical (unpaired) electrons. The van der Waals surface area contributed by atoms with Crippen molar-refractivity contribution >= 4 is 27.9 Å². The van der Waals surface area contributed by atoms with Crippen LogP contribution < -0.4 is 10.2 Å². The van der Waals surface area contributed by atoms with E-state index >= 15 is 0 Å². The first-order valence-electron chi connectivity index (χ1n) is 10.7. The Balaban J connectivity index is 1.79. The number of carbonyl (C=O) groups is 1. The van der Waals surface area contributed by atoms with Crippen molar-refractivity contribution in [2.24, 2.45) is 0 Å². The van der Waals surface area contributed by atoms with Gasteiger partial charge in [0, 0.05) is 29.1 Å². The third-order valence-corrected chi connectivity index (χ3v) is 5.89. The highest BCUT2D eigenvalue weighted by atomic mass is 16.7. The molecule has 1 aliphatic rings. The smallest absolute Gasteiger partial charge is 0.371 e. The summed E-state index contributed by atoms with van der Waals surface area (Å²) >= 11 is 0. The van der Waals surface area contributed by atoms with Gasteiger partial charge in [-0.15, -0.1) is 0 Å². The largest absolute Gasteiger partial charge is 0.508 e. The molecule has 0 aliphatic carbocycles. The van der Waals surface area contributed by atoms with Crippen LogP contribution in [0.25, 0.3) is 33.3 Å². The molecule has 0 bridgehead atoms. The molecule has 1 saturated heterocycles. The second-order valence-electron chi connectivity index (χ2n) is 8.25. The van der Waals surface area contributed by atoms with Crippen LogP contribution in [0.3, 0.4) is 0 Å². The zero-order valence-electron chi connectivity index (χ0n) is 18.3. The van der Waals surface area contributed by atoms with Gasteiger partial charge in [0.25, 0.3) is 0 Å². The summed E-state index contributed by atoms with van der Waals surface area (Å²) in [6.45, 7) is -0.697. The molecule has 2 aromatic heterocycles. The summed E-state index contributed by atoms with van der Waals surface area (Å²) in [4.78, 5) is 24.0. The van der Waals surface area contributed by atoms with Crippen molar-refractivity contribution in [3.63, 3.8) is 0 Å². The van der Waals surface area contributed by atoms with Gasteiger partial charge in [0.2, 0.25) is 12.1 Å². The highest BCUT2D eigenvalue weighted by Crippen LogP contribution is 2.43. The van der Waals surface area contributed by atoms with Crippen LogP contribution in [0.2, 0.25) is 0 Å². The molecule has 1 aliphatic heterocycles. The summed E-state index contributed by atoms with van der Waals surface area (Å²) in [5, 5.41) is 59.9. The third kappa shape index (κ3) is 3.96. The SMILES string of the molecule is O=C(O)c1cc2c(O[C@@H]3OC(CO)[C@@H](O)[C@H](O)C3O)c(-c3ccc(O)cc3)oc3cc(=O)cc(o1)c32. The van der Waals surface area contributed by atoms with Crippen LogP contribution in [-0.4, -0.2) is 73.9 Å². The Kier molecular flexibility index (Phi) is 5.90. The molecule has 36 heavy (non-hydrogen) atoms. The van der Waals surface area contributed by atoms with Crippen molar-refractivity contribution in [1.82, 2.24) is 0 Å². The number of benzene rings is 2. The Morgan fingerprint density at radius 1 is 0.944 bits per heavy atom. The van der Waals surface area contributed by atoms with Crippen molar-refractivity contribution in [2.45, 2.75) is 30.7 Å². The molecule has 5 rings (SSSR count). The van der Waals surface area contributed by atoms with E-state index in [2.05, 4.69) is 0 Å². The number of aromatic carboxylic acids is 1. The normalized spacial score (nSPS) is 24.3. The van der Waals surface area contributed by atoms with Gasteiger partial charge in [-0.05, 0) is 24.3 Å². The standard InChI is InChI=1S/C24H20O12/c25-8-16-18(28)19(29)20(30)24(35-16)36-22-12-7-15(23(31)32)33-13-5-11(27)6-14(17(12)13)34-21(22)9-1-3-10(26)4-2-9/h1-7,16,18-20,24-26,28-30H,8H2,(H,31,32)/t16?,18-,19+,20?,24+/m1/s1. The molecule has 12 heteroatoms. The van der Waals surface area contributed by atoms with Gasteiger partial charge in [0.15, 0.2) is 16.9 Å². The molecule has 0 spiro atoms.